The first-order valence-electron chi connectivity index (χ1n) is 5.70. The number of hydrogen-bond donors (Lipinski definition) is 1. The van der Waals surface area contributed by atoms with Crippen molar-refractivity contribution in [2.45, 2.75) is 49.9 Å². The molecule has 80 valence electrons. The van der Waals surface area contributed by atoms with E-state index in [0.29, 0.717) is 11.2 Å². The fraction of sp³-hybridized carbons (Fsp3) is 0.833. The third kappa shape index (κ3) is 2.17. The Bertz CT molecular complexity index is 218. The minimum absolute atomic E-state index is 0.375. The van der Waals surface area contributed by atoms with Crippen molar-refractivity contribution in [3.8, 4) is 0 Å². The van der Waals surface area contributed by atoms with Crippen molar-refractivity contribution < 1.29 is 5.11 Å². The van der Waals surface area contributed by atoms with E-state index in [0.717, 1.165) is 12.8 Å². The standard InChI is InChI=1S/C12H20OS/c1-10-12(13,7-4-8-14-10)9-11-5-2-3-6-11/h2-3,10-11,13H,4-9H2,1H3. The van der Waals surface area contributed by atoms with Crippen LogP contribution in [0, 0.1) is 5.92 Å². The average molecular weight is 212 g/mol. The lowest BCUT2D eigenvalue weighted by molar-refractivity contribution is 0.00689. The van der Waals surface area contributed by atoms with E-state index in [1.165, 1.54) is 25.0 Å². The van der Waals surface area contributed by atoms with Crippen LogP contribution in [0.5, 0.6) is 0 Å². The molecule has 0 spiro atoms. The van der Waals surface area contributed by atoms with Crippen LogP contribution in [0.4, 0.5) is 0 Å². The second-order valence-electron chi connectivity index (χ2n) is 4.73. The summed E-state index contributed by atoms with van der Waals surface area (Å²) in [6.07, 6.45) is 10.1. The summed E-state index contributed by atoms with van der Waals surface area (Å²) in [5.41, 5.74) is -0.375. The van der Waals surface area contributed by atoms with E-state index >= 15 is 0 Å². The molecular weight excluding hydrogens is 192 g/mol. The quantitative estimate of drug-likeness (QED) is 0.710. The molecule has 2 rings (SSSR count). The van der Waals surface area contributed by atoms with Crippen molar-refractivity contribution in [3.63, 3.8) is 0 Å². The van der Waals surface area contributed by atoms with Crippen LogP contribution in [0.1, 0.15) is 39.0 Å². The van der Waals surface area contributed by atoms with Gasteiger partial charge in [-0.15, -0.1) is 0 Å². The zero-order valence-electron chi connectivity index (χ0n) is 8.91. The molecule has 0 bridgehead atoms. The van der Waals surface area contributed by atoms with Gasteiger partial charge in [-0.1, -0.05) is 19.1 Å². The summed E-state index contributed by atoms with van der Waals surface area (Å²) >= 11 is 1.94. The second-order valence-corrected chi connectivity index (χ2v) is 6.18. The third-order valence-corrected chi connectivity index (χ3v) is 5.09. The molecule has 2 heteroatoms. The van der Waals surface area contributed by atoms with Crippen LogP contribution in [0.25, 0.3) is 0 Å². The van der Waals surface area contributed by atoms with Crippen LogP contribution in [0.2, 0.25) is 0 Å². The normalized spacial score (nSPS) is 39.1. The number of aliphatic hydroxyl groups is 1. The molecule has 14 heavy (non-hydrogen) atoms. The highest BCUT2D eigenvalue weighted by atomic mass is 32.2. The van der Waals surface area contributed by atoms with E-state index in [-0.39, 0.29) is 5.60 Å². The van der Waals surface area contributed by atoms with E-state index in [4.69, 9.17) is 0 Å². The van der Waals surface area contributed by atoms with Crippen molar-refractivity contribution in [3.05, 3.63) is 12.2 Å². The van der Waals surface area contributed by atoms with E-state index in [1.807, 2.05) is 11.8 Å². The van der Waals surface area contributed by atoms with Gasteiger partial charge in [-0.05, 0) is 43.8 Å². The number of allylic oxidation sites excluding steroid dienone is 2. The number of rotatable bonds is 2. The second kappa shape index (κ2) is 4.28. The van der Waals surface area contributed by atoms with Crippen LogP contribution < -0.4 is 0 Å². The van der Waals surface area contributed by atoms with E-state index < -0.39 is 0 Å². The molecule has 0 aromatic rings. The Morgan fingerprint density at radius 3 is 2.79 bits per heavy atom. The largest absolute Gasteiger partial charge is 0.389 e. The first-order chi connectivity index (χ1) is 6.71. The molecule has 0 aromatic carbocycles. The lowest BCUT2D eigenvalue weighted by atomic mass is 9.83. The molecule has 0 amide bonds. The maximum atomic E-state index is 10.6. The van der Waals surface area contributed by atoms with Crippen LogP contribution in [0.15, 0.2) is 12.2 Å². The summed E-state index contributed by atoms with van der Waals surface area (Å²) in [6, 6.07) is 0. The number of thioether (sulfide) groups is 1. The molecule has 1 heterocycles. The summed E-state index contributed by atoms with van der Waals surface area (Å²) in [7, 11) is 0. The van der Waals surface area contributed by atoms with Gasteiger partial charge in [0.2, 0.25) is 0 Å². The molecule has 1 saturated heterocycles. The molecule has 0 aromatic heterocycles. The molecule has 1 fully saturated rings. The number of hydrogen-bond acceptors (Lipinski definition) is 2. The minimum atomic E-state index is -0.375. The van der Waals surface area contributed by atoms with Crippen molar-refractivity contribution in [1.82, 2.24) is 0 Å². The maximum Gasteiger partial charge on any atom is 0.0766 e. The molecule has 1 N–H and O–H groups in total. The summed E-state index contributed by atoms with van der Waals surface area (Å²) in [4.78, 5) is 0. The minimum Gasteiger partial charge on any atom is -0.389 e. The highest BCUT2D eigenvalue weighted by Crippen LogP contribution is 2.40. The lowest BCUT2D eigenvalue weighted by Crippen LogP contribution is -2.43. The average Bonchev–Trinajstić information content (AvgIpc) is 2.63. The van der Waals surface area contributed by atoms with Crippen LogP contribution in [-0.2, 0) is 0 Å². The van der Waals surface area contributed by atoms with Crippen molar-refractivity contribution in [2.24, 2.45) is 5.92 Å². The molecular formula is C12H20OS. The van der Waals surface area contributed by atoms with Crippen LogP contribution in [-0.4, -0.2) is 21.7 Å². The van der Waals surface area contributed by atoms with Crippen molar-refractivity contribution >= 4 is 11.8 Å². The molecule has 1 aliphatic carbocycles. The van der Waals surface area contributed by atoms with Gasteiger partial charge in [-0.2, -0.15) is 11.8 Å². The summed E-state index contributed by atoms with van der Waals surface area (Å²) in [5.74, 6) is 1.94. The van der Waals surface area contributed by atoms with Gasteiger partial charge in [-0.3, -0.25) is 0 Å². The van der Waals surface area contributed by atoms with Gasteiger partial charge < -0.3 is 5.11 Å². The zero-order chi connectivity index (χ0) is 10.0. The highest BCUT2D eigenvalue weighted by molar-refractivity contribution is 8.00. The molecule has 2 unspecified atom stereocenters. The Morgan fingerprint density at radius 2 is 2.14 bits per heavy atom. The van der Waals surface area contributed by atoms with Gasteiger partial charge in [0.25, 0.3) is 0 Å². The molecule has 0 radical (unpaired) electrons. The van der Waals surface area contributed by atoms with Crippen LogP contribution >= 0.6 is 11.8 Å². The summed E-state index contributed by atoms with van der Waals surface area (Å²) < 4.78 is 0. The molecule has 1 nitrogen and oxygen atoms in total. The Morgan fingerprint density at radius 1 is 1.43 bits per heavy atom. The fourth-order valence-electron chi connectivity index (χ4n) is 2.60. The SMILES string of the molecule is CC1SCCCC1(O)CC1CC=CC1. The topological polar surface area (TPSA) is 20.2 Å². The first-order valence-corrected chi connectivity index (χ1v) is 6.74. The van der Waals surface area contributed by atoms with E-state index in [9.17, 15) is 5.11 Å². The summed E-state index contributed by atoms with van der Waals surface area (Å²) in [6.45, 7) is 2.19. The highest BCUT2D eigenvalue weighted by Gasteiger charge is 2.38. The summed E-state index contributed by atoms with van der Waals surface area (Å²) in [5, 5.41) is 11.0. The van der Waals surface area contributed by atoms with Crippen molar-refractivity contribution in [1.29, 1.82) is 0 Å². The van der Waals surface area contributed by atoms with Crippen molar-refractivity contribution in [2.75, 3.05) is 5.75 Å². The predicted molar refractivity (Wildman–Crippen MR) is 62.6 cm³/mol. The molecule has 2 aliphatic rings. The Hall–Kier alpha value is 0.0500. The van der Waals surface area contributed by atoms with Gasteiger partial charge in [0.15, 0.2) is 0 Å². The van der Waals surface area contributed by atoms with Gasteiger partial charge in [0.1, 0.15) is 0 Å². The Labute approximate surface area is 91.0 Å². The van der Waals surface area contributed by atoms with E-state index in [2.05, 4.69) is 19.1 Å². The Balaban J connectivity index is 1.92. The van der Waals surface area contributed by atoms with Gasteiger partial charge in [0, 0.05) is 5.25 Å². The third-order valence-electron chi connectivity index (χ3n) is 3.63. The molecule has 1 aliphatic heterocycles. The fourth-order valence-corrected chi connectivity index (χ4v) is 3.79. The predicted octanol–water partition coefficient (Wildman–Crippen LogP) is 2.99. The van der Waals surface area contributed by atoms with Gasteiger partial charge in [-0.25, -0.2) is 0 Å². The Kier molecular flexibility index (Phi) is 3.23. The van der Waals surface area contributed by atoms with Crippen LogP contribution in [0.3, 0.4) is 0 Å². The smallest absolute Gasteiger partial charge is 0.0766 e. The van der Waals surface area contributed by atoms with Gasteiger partial charge >= 0.3 is 0 Å². The molecule has 2 atom stereocenters. The zero-order valence-corrected chi connectivity index (χ0v) is 9.72. The van der Waals surface area contributed by atoms with E-state index in [1.54, 1.807) is 0 Å². The molecule has 0 saturated carbocycles. The first kappa shape index (κ1) is 10.6. The maximum absolute atomic E-state index is 10.6. The monoisotopic (exact) mass is 212 g/mol. The van der Waals surface area contributed by atoms with Gasteiger partial charge in [0.05, 0.1) is 5.60 Å². The lowest BCUT2D eigenvalue weighted by Gasteiger charge is -2.39.